The van der Waals surface area contributed by atoms with Crippen molar-refractivity contribution >= 4 is 17.8 Å². The summed E-state index contributed by atoms with van der Waals surface area (Å²) in [7, 11) is 0. The Balaban J connectivity index is 2.46. The third-order valence-corrected chi connectivity index (χ3v) is 3.58. The molecule has 1 aromatic heterocycles. The minimum absolute atomic E-state index is 0.0640. The van der Waals surface area contributed by atoms with Crippen LogP contribution < -0.4 is 10.6 Å². The second-order valence-electron chi connectivity index (χ2n) is 5.80. The molecule has 0 aliphatic carbocycles. The number of hydrogen-bond acceptors (Lipinski definition) is 6. The van der Waals surface area contributed by atoms with Gasteiger partial charge in [0.15, 0.2) is 12.4 Å². The number of amides is 2. The Hall–Kier alpha value is -2.82. The smallest absolute Gasteiger partial charge is 0.328 e. The van der Waals surface area contributed by atoms with E-state index in [4.69, 9.17) is 14.4 Å². The van der Waals surface area contributed by atoms with E-state index < -0.39 is 36.0 Å². The Morgan fingerprint density at radius 3 is 2.54 bits per heavy atom. The predicted octanol–water partition coefficient (Wildman–Crippen LogP) is 0.996. The average molecular weight is 335 g/mol. The van der Waals surface area contributed by atoms with E-state index >= 15 is 0 Å². The first-order chi connectivity index (χ1) is 11.2. The van der Waals surface area contributed by atoms with E-state index in [-0.39, 0.29) is 11.7 Å². The second-order valence-corrected chi connectivity index (χ2v) is 5.80. The van der Waals surface area contributed by atoms with Crippen molar-refractivity contribution < 1.29 is 23.5 Å². The van der Waals surface area contributed by atoms with Gasteiger partial charge in [-0.25, -0.2) is 4.79 Å². The van der Waals surface area contributed by atoms with Crippen LogP contribution in [0.15, 0.2) is 22.8 Å². The van der Waals surface area contributed by atoms with Crippen LogP contribution in [0.25, 0.3) is 0 Å². The van der Waals surface area contributed by atoms with Crippen LogP contribution in [0.5, 0.6) is 0 Å². The van der Waals surface area contributed by atoms with Gasteiger partial charge in [0.05, 0.1) is 12.3 Å². The highest BCUT2D eigenvalue weighted by atomic mass is 16.5. The highest BCUT2D eigenvalue weighted by Gasteiger charge is 2.30. The Bertz CT molecular complexity index is 633. The number of furan rings is 1. The monoisotopic (exact) mass is 335 g/mol. The molecule has 24 heavy (non-hydrogen) atoms. The molecule has 0 saturated heterocycles. The number of nitrogens with one attached hydrogen (secondary N) is 2. The van der Waals surface area contributed by atoms with Crippen molar-refractivity contribution in [2.45, 2.75) is 39.3 Å². The number of rotatable bonds is 7. The van der Waals surface area contributed by atoms with E-state index in [0.717, 1.165) is 0 Å². The second kappa shape index (κ2) is 8.15. The van der Waals surface area contributed by atoms with Crippen molar-refractivity contribution in [1.29, 1.82) is 5.26 Å². The maximum Gasteiger partial charge on any atom is 0.328 e. The average Bonchev–Trinajstić information content (AvgIpc) is 3.06. The van der Waals surface area contributed by atoms with Crippen LogP contribution in [0.2, 0.25) is 0 Å². The first kappa shape index (κ1) is 19.2. The van der Waals surface area contributed by atoms with Gasteiger partial charge in [0.2, 0.25) is 0 Å². The van der Waals surface area contributed by atoms with Crippen LogP contribution in [0.4, 0.5) is 0 Å². The molecule has 0 fully saturated rings. The lowest BCUT2D eigenvalue weighted by molar-refractivity contribution is -0.150. The van der Waals surface area contributed by atoms with Crippen LogP contribution in [-0.4, -0.2) is 36.0 Å². The summed E-state index contributed by atoms with van der Waals surface area (Å²) < 4.78 is 9.75. The lowest BCUT2D eigenvalue weighted by Gasteiger charge is -2.27. The first-order valence-corrected chi connectivity index (χ1v) is 7.43. The summed E-state index contributed by atoms with van der Waals surface area (Å²) in [5.41, 5.74) is -1.05. The molecule has 1 heterocycles. The Morgan fingerprint density at radius 1 is 1.38 bits per heavy atom. The summed E-state index contributed by atoms with van der Waals surface area (Å²) in [5.74, 6) is -1.98. The fourth-order valence-corrected chi connectivity index (χ4v) is 1.62. The molecule has 1 aromatic rings. The van der Waals surface area contributed by atoms with E-state index in [1.54, 1.807) is 26.8 Å². The first-order valence-electron chi connectivity index (χ1n) is 7.43. The van der Waals surface area contributed by atoms with Crippen molar-refractivity contribution in [2.75, 3.05) is 6.61 Å². The van der Waals surface area contributed by atoms with Crippen LogP contribution >= 0.6 is 0 Å². The number of nitrogens with zero attached hydrogens (tertiary/aromatic N) is 1. The van der Waals surface area contributed by atoms with E-state index in [9.17, 15) is 14.4 Å². The topological polar surface area (TPSA) is 121 Å². The molecule has 130 valence electrons. The SMILES string of the molecule is CC(C)[C@@](C)(C#N)NC(=O)COC(=O)[C@H](C)NC(=O)c1ccco1. The molecule has 0 aliphatic rings. The van der Waals surface area contributed by atoms with Crippen LogP contribution in [0, 0.1) is 17.2 Å². The van der Waals surface area contributed by atoms with E-state index in [1.165, 1.54) is 19.3 Å². The van der Waals surface area contributed by atoms with E-state index in [1.807, 2.05) is 6.07 Å². The lowest BCUT2D eigenvalue weighted by atomic mass is 9.90. The molecule has 2 atom stereocenters. The van der Waals surface area contributed by atoms with Gasteiger partial charge in [-0.2, -0.15) is 5.26 Å². The van der Waals surface area contributed by atoms with Crippen LogP contribution in [0.3, 0.4) is 0 Å². The quantitative estimate of drug-likeness (QED) is 0.717. The summed E-state index contributed by atoms with van der Waals surface area (Å²) in [4.78, 5) is 35.4. The number of ether oxygens (including phenoxy) is 1. The predicted molar refractivity (Wildman–Crippen MR) is 83.6 cm³/mol. The molecule has 2 N–H and O–H groups in total. The van der Waals surface area contributed by atoms with Crippen molar-refractivity contribution in [3.63, 3.8) is 0 Å². The molecule has 0 unspecified atom stereocenters. The minimum atomic E-state index is -1.05. The number of hydrogen-bond donors (Lipinski definition) is 2. The maximum absolute atomic E-state index is 11.8. The number of nitriles is 1. The molecule has 2 amide bonds. The van der Waals surface area contributed by atoms with Gasteiger partial charge in [0.25, 0.3) is 11.8 Å². The standard InChI is InChI=1S/C16H21N3O5/c1-10(2)16(4,9-17)19-13(20)8-24-15(22)11(3)18-14(21)12-6-5-7-23-12/h5-7,10-11H,8H2,1-4H3,(H,18,21)(H,19,20)/t11-,16+/m0/s1. The van der Waals surface area contributed by atoms with Gasteiger partial charge in [-0.1, -0.05) is 13.8 Å². The molecule has 1 rings (SSSR count). The number of esters is 1. The molecule has 8 nitrogen and oxygen atoms in total. The molecule has 0 aliphatic heterocycles. The minimum Gasteiger partial charge on any atom is -0.459 e. The van der Waals surface area contributed by atoms with Crippen molar-refractivity contribution in [3.05, 3.63) is 24.2 Å². The fourth-order valence-electron chi connectivity index (χ4n) is 1.62. The van der Waals surface area contributed by atoms with Gasteiger partial charge in [-0.15, -0.1) is 0 Å². The van der Waals surface area contributed by atoms with Gasteiger partial charge >= 0.3 is 5.97 Å². The summed E-state index contributed by atoms with van der Waals surface area (Å²) in [6, 6.07) is 4.06. The Labute approximate surface area is 140 Å². The largest absolute Gasteiger partial charge is 0.459 e. The number of carbonyl (C=O) groups excluding carboxylic acids is 3. The highest BCUT2D eigenvalue weighted by Crippen LogP contribution is 2.14. The van der Waals surface area contributed by atoms with E-state index in [2.05, 4.69) is 10.6 Å². The van der Waals surface area contributed by atoms with Gasteiger partial charge in [-0.3, -0.25) is 9.59 Å². The summed E-state index contributed by atoms with van der Waals surface area (Å²) >= 11 is 0. The van der Waals surface area contributed by atoms with Crippen molar-refractivity contribution in [2.24, 2.45) is 5.92 Å². The zero-order valence-corrected chi connectivity index (χ0v) is 14.1. The molecule has 0 bridgehead atoms. The van der Waals surface area contributed by atoms with Crippen LogP contribution in [-0.2, 0) is 14.3 Å². The Kier molecular flexibility index (Phi) is 6.53. The van der Waals surface area contributed by atoms with Gasteiger partial charge in [0, 0.05) is 0 Å². The van der Waals surface area contributed by atoms with Crippen molar-refractivity contribution in [3.8, 4) is 6.07 Å². The highest BCUT2D eigenvalue weighted by molar-refractivity contribution is 5.94. The summed E-state index contributed by atoms with van der Waals surface area (Å²) in [6.45, 7) is 6.06. The van der Waals surface area contributed by atoms with E-state index in [0.29, 0.717) is 0 Å². The molecule has 0 spiro atoms. The molecular formula is C16H21N3O5. The molecule has 0 radical (unpaired) electrons. The molecular weight excluding hydrogens is 314 g/mol. The maximum atomic E-state index is 11.8. The van der Waals surface area contributed by atoms with Gasteiger partial charge in [0.1, 0.15) is 11.6 Å². The fraction of sp³-hybridized carbons (Fsp3) is 0.500. The molecule has 0 aromatic carbocycles. The zero-order chi connectivity index (χ0) is 18.3. The van der Waals surface area contributed by atoms with Gasteiger partial charge in [-0.05, 0) is 31.9 Å². The third kappa shape index (κ3) is 5.12. The zero-order valence-electron chi connectivity index (χ0n) is 14.1. The summed E-state index contributed by atoms with van der Waals surface area (Å²) in [6.07, 6.45) is 1.34. The summed E-state index contributed by atoms with van der Waals surface area (Å²) in [5, 5.41) is 14.0. The third-order valence-electron chi connectivity index (χ3n) is 3.58. The van der Waals surface area contributed by atoms with Crippen LogP contribution in [0.1, 0.15) is 38.2 Å². The van der Waals surface area contributed by atoms with Crippen molar-refractivity contribution in [1.82, 2.24) is 10.6 Å². The molecule has 0 saturated carbocycles. The molecule has 8 heteroatoms. The lowest BCUT2D eigenvalue weighted by Crippen LogP contribution is -2.50. The normalized spacial score (nSPS) is 14.2. The number of carbonyl (C=O) groups is 3. The Morgan fingerprint density at radius 2 is 2.04 bits per heavy atom. The van der Waals surface area contributed by atoms with Gasteiger partial charge < -0.3 is 19.8 Å².